The number of benzene rings is 1. The molecule has 0 radical (unpaired) electrons. The van der Waals surface area contributed by atoms with Crippen LogP contribution in [0, 0.1) is 0 Å². The van der Waals surface area contributed by atoms with Crippen LogP contribution in [0.3, 0.4) is 0 Å². The van der Waals surface area contributed by atoms with Crippen molar-refractivity contribution in [2.75, 3.05) is 13.2 Å². The van der Waals surface area contributed by atoms with Gasteiger partial charge < -0.3 is 14.6 Å². The molecule has 1 aliphatic carbocycles. The predicted octanol–water partition coefficient (Wildman–Crippen LogP) is 2.05. The highest BCUT2D eigenvalue weighted by molar-refractivity contribution is 6.25. The fraction of sp³-hybridized carbons (Fsp3) is 0.333. The summed E-state index contributed by atoms with van der Waals surface area (Å²) in [7, 11) is 0. The molecule has 20 heavy (non-hydrogen) atoms. The highest BCUT2D eigenvalue weighted by Gasteiger charge is 2.29. The number of carbonyl (C=O) groups is 2. The molecule has 1 fully saturated rings. The summed E-state index contributed by atoms with van der Waals surface area (Å²) in [5, 5.41) is 10.3. The molecule has 0 spiro atoms. The Bertz CT molecular complexity index is 597. The number of allylic oxidation sites excluding steroid dienone is 1. The van der Waals surface area contributed by atoms with Crippen molar-refractivity contribution in [2.24, 2.45) is 0 Å². The number of rotatable bonds is 1. The van der Waals surface area contributed by atoms with Gasteiger partial charge in [-0.1, -0.05) is 6.07 Å². The molecule has 5 heteroatoms. The fourth-order valence-corrected chi connectivity index (χ4v) is 2.47. The maximum atomic E-state index is 11.9. The molecule has 1 aromatic rings. The molecule has 0 aromatic heterocycles. The van der Waals surface area contributed by atoms with Crippen molar-refractivity contribution in [1.82, 2.24) is 0 Å². The Kier molecular flexibility index (Phi) is 3.18. The minimum absolute atomic E-state index is 0.112. The number of carbonyl (C=O) groups excluding carboxylic acids is 2. The van der Waals surface area contributed by atoms with Crippen LogP contribution >= 0.6 is 0 Å². The third kappa shape index (κ3) is 2.05. The highest BCUT2D eigenvalue weighted by atomic mass is 16.6. The van der Waals surface area contributed by atoms with Gasteiger partial charge in [0.1, 0.15) is 24.5 Å². The molecule has 1 aliphatic heterocycles. The Morgan fingerprint density at radius 2 is 1.75 bits per heavy atom. The molecule has 1 N–H and O–H groups in total. The maximum Gasteiger partial charge on any atom is 0.172 e. The van der Waals surface area contributed by atoms with Crippen LogP contribution in [0.1, 0.15) is 24.8 Å². The largest absolute Gasteiger partial charge is 0.506 e. The second-order valence-corrected chi connectivity index (χ2v) is 4.75. The minimum atomic E-state index is -0.312. The maximum absolute atomic E-state index is 11.9. The van der Waals surface area contributed by atoms with Crippen LogP contribution in [-0.2, 0) is 9.59 Å². The third-order valence-electron chi connectivity index (χ3n) is 3.42. The van der Waals surface area contributed by atoms with Crippen molar-refractivity contribution in [3.8, 4) is 11.5 Å². The van der Waals surface area contributed by atoms with Crippen molar-refractivity contribution in [3.05, 3.63) is 29.3 Å². The van der Waals surface area contributed by atoms with E-state index < -0.39 is 0 Å². The number of aliphatic hydroxyl groups excluding tert-OH is 1. The summed E-state index contributed by atoms with van der Waals surface area (Å²) in [5.41, 5.74) is 0.222. The Balaban J connectivity index is 2.12. The van der Waals surface area contributed by atoms with E-state index in [1.807, 2.05) is 0 Å². The monoisotopic (exact) mass is 274 g/mol. The van der Waals surface area contributed by atoms with E-state index in [0.717, 1.165) is 0 Å². The van der Waals surface area contributed by atoms with Crippen molar-refractivity contribution < 1.29 is 24.2 Å². The van der Waals surface area contributed by atoms with Gasteiger partial charge in [0.15, 0.2) is 23.1 Å². The molecule has 104 valence electrons. The molecule has 3 rings (SSSR count). The van der Waals surface area contributed by atoms with Gasteiger partial charge in [-0.3, -0.25) is 9.59 Å². The molecule has 1 saturated carbocycles. The van der Waals surface area contributed by atoms with E-state index in [1.165, 1.54) is 0 Å². The number of aliphatic hydroxyl groups is 1. The molecule has 0 bridgehead atoms. The molecule has 0 atom stereocenters. The van der Waals surface area contributed by atoms with Crippen molar-refractivity contribution >= 4 is 17.3 Å². The first-order valence-corrected chi connectivity index (χ1v) is 6.57. The second kappa shape index (κ2) is 5.00. The summed E-state index contributed by atoms with van der Waals surface area (Å²) in [6.07, 6.45) is 1.12. The predicted molar refractivity (Wildman–Crippen MR) is 70.8 cm³/mol. The summed E-state index contributed by atoms with van der Waals surface area (Å²) in [6.45, 7) is 0.806. The number of hydrogen-bond acceptors (Lipinski definition) is 5. The molecule has 0 saturated heterocycles. The standard InChI is InChI=1S/C15H14O5/c16-10-4-2-5-11(17)13(10)14(18)9-3-1-6-12-15(9)20-8-7-19-12/h1,3,6,18H,2,4-5,7-8H2. The van der Waals surface area contributed by atoms with Gasteiger partial charge in [0.2, 0.25) is 0 Å². The molecule has 5 nitrogen and oxygen atoms in total. The number of fused-ring (bicyclic) bond motifs is 1. The van der Waals surface area contributed by atoms with Crippen molar-refractivity contribution in [2.45, 2.75) is 19.3 Å². The first-order chi connectivity index (χ1) is 9.68. The Hall–Kier alpha value is -2.30. The Labute approximate surface area is 115 Å². The lowest BCUT2D eigenvalue weighted by Crippen LogP contribution is -2.21. The van der Waals surface area contributed by atoms with E-state index in [0.29, 0.717) is 36.7 Å². The normalized spacial score (nSPS) is 18.1. The lowest BCUT2D eigenvalue weighted by molar-refractivity contribution is -0.123. The van der Waals surface area contributed by atoms with E-state index in [-0.39, 0.29) is 35.7 Å². The average Bonchev–Trinajstić information content (AvgIpc) is 2.46. The lowest BCUT2D eigenvalue weighted by Gasteiger charge is -2.21. The van der Waals surface area contributed by atoms with E-state index in [1.54, 1.807) is 18.2 Å². The summed E-state index contributed by atoms with van der Waals surface area (Å²) in [5.74, 6) is -0.0326. The summed E-state index contributed by atoms with van der Waals surface area (Å²) >= 11 is 0. The Morgan fingerprint density at radius 1 is 1.05 bits per heavy atom. The smallest absolute Gasteiger partial charge is 0.172 e. The molecular formula is C15H14O5. The summed E-state index contributed by atoms with van der Waals surface area (Å²) in [4.78, 5) is 23.8. The lowest BCUT2D eigenvalue weighted by atomic mass is 9.89. The van der Waals surface area contributed by atoms with Crippen LogP contribution < -0.4 is 9.47 Å². The zero-order valence-electron chi connectivity index (χ0n) is 10.8. The Morgan fingerprint density at radius 3 is 2.50 bits per heavy atom. The van der Waals surface area contributed by atoms with Gasteiger partial charge in [-0.2, -0.15) is 0 Å². The van der Waals surface area contributed by atoms with Crippen LogP contribution in [0.4, 0.5) is 0 Å². The van der Waals surface area contributed by atoms with Gasteiger partial charge in [-0.05, 0) is 18.6 Å². The van der Waals surface area contributed by atoms with Gasteiger partial charge in [0.05, 0.1) is 5.56 Å². The van der Waals surface area contributed by atoms with E-state index in [2.05, 4.69) is 0 Å². The average molecular weight is 274 g/mol. The SMILES string of the molecule is O=C1CCCC(=O)C1=C(O)c1cccc2c1OCCO2. The van der Waals surface area contributed by atoms with Gasteiger partial charge >= 0.3 is 0 Å². The summed E-state index contributed by atoms with van der Waals surface area (Å²) in [6, 6.07) is 5.03. The number of ether oxygens (including phenoxy) is 2. The number of para-hydroxylation sites is 1. The van der Waals surface area contributed by atoms with Crippen molar-refractivity contribution in [3.63, 3.8) is 0 Å². The van der Waals surface area contributed by atoms with Gasteiger partial charge in [0, 0.05) is 12.8 Å². The topological polar surface area (TPSA) is 72.8 Å². The third-order valence-corrected chi connectivity index (χ3v) is 3.42. The summed E-state index contributed by atoms with van der Waals surface area (Å²) < 4.78 is 10.9. The quantitative estimate of drug-likeness (QED) is 0.482. The van der Waals surface area contributed by atoms with Crippen molar-refractivity contribution in [1.29, 1.82) is 0 Å². The van der Waals surface area contributed by atoms with Gasteiger partial charge in [-0.15, -0.1) is 0 Å². The van der Waals surface area contributed by atoms with Crippen LogP contribution in [0.15, 0.2) is 23.8 Å². The highest BCUT2D eigenvalue weighted by Crippen LogP contribution is 2.38. The van der Waals surface area contributed by atoms with E-state index in [9.17, 15) is 14.7 Å². The first kappa shape index (κ1) is 12.7. The zero-order valence-corrected chi connectivity index (χ0v) is 10.8. The second-order valence-electron chi connectivity index (χ2n) is 4.75. The number of hydrogen-bond donors (Lipinski definition) is 1. The minimum Gasteiger partial charge on any atom is -0.506 e. The number of ketones is 2. The molecule has 1 heterocycles. The van der Waals surface area contributed by atoms with Crippen LogP contribution in [0.5, 0.6) is 11.5 Å². The van der Waals surface area contributed by atoms with Crippen LogP contribution in [0.2, 0.25) is 0 Å². The van der Waals surface area contributed by atoms with Crippen LogP contribution in [-0.4, -0.2) is 29.9 Å². The van der Waals surface area contributed by atoms with Gasteiger partial charge in [-0.25, -0.2) is 0 Å². The fourth-order valence-electron chi connectivity index (χ4n) is 2.47. The molecule has 1 aromatic carbocycles. The molecule has 0 amide bonds. The zero-order chi connectivity index (χ0) is 14.1. The van der Waals surface area contributed by atoms with Gasteiger partial charge in [0.25, 0.3) is 0 Å². The molecule has 2 aliphatic rings. The van der Waals surface area contributed by atoms with E-state index in [4.69, 9.17) is 9.47 Å². The number of Topliss-reactive ketones (excluding diaryl/α,β-unsaturated/α-hetero) is 2. The molecule has 0 unspecified atom stereocenters. The van der Waals surface area contributed by atoms with E-state index >= 15 is 0 Å². The molecular weight excluding hydrogens is 260 g/mol. The first-order valence-electron chi connectivity index (χ1n) is 6.57. The van der Waals surface area contributed by atoms with Crippen LogP contribution in [0.25, 0.3) is 5.76 Å².